The zero-order valence-corrected chi connectivity index (χ0v) is 11.0. The maximum atomic E-state index is 12.3. The van der Waals surface area contributed by atoms with Gasteiger partial charge in [0, 0.05) is 32.6 Å². The minimum atomic E-state index is -0.467. The summed E-state index contributed by atoms with van der Waals surface area (Å²) in [5, 5.41) is 2.85. The molecular weight excluding hydrogens is 218 g/mol. The number of nitrogens with two attached hydrogens (primary N) is 1. The molecule has 1 aliphatic rings. The van der Waals surface area contributed by atoms with Crippen LogP contribution in [0.15, 0.2) is 0 Å². The number of carbonyl (C=O) groups excluding carboxylic acids is 2. The van der Waals surface area contributed by atoms with Crippen molar-refractivity contribution in [1.29, 1.82) is 0 Å². The predicted molar refractivity (Wildman–Crippen MR) is 66.3 cm³/mol. The van der Waals surface area contributed by atoms with Crippen molar-refractivity contribution in [3.63, 3.8) is 0 Å². The highest BCUT2D eigenvalue weighted by Gasteiger charge is 2.37. The average Bonchev–Trinajstić information content (AvgIpc) is 2.74. The third kappa shape index (κ3) is 3.19. The second-order valence-corrected chi connectivity index (χ2v) is 5.06. The molecule has 1 saturated heterocycles. The van der Waals surface area contributed by atoms with Crippen LogP contribution in [0.1, 0.15) is 33.6 Å². The largest absolute Gasteiger partial charge is 0.352 e. The summed E-state index contributed by atoms with van der Waals surface area (Å²) in [5.41, 5.74) is 5.22. The van der Waals surface area contributed by atoms with Crippen LogP contribution in [-0.4, -0.2) is 42.4 Å². The van der Waals surface area contributed by atoms with E-state index in [1.54, 1.807) is 0 Å². The number of amides is 2. The molecule has 0 aromatic heterocycles. The van der Waals surface area contributed by atoms with Crippen molar-refractivity contribution >= 4 is 11.8 Å². The lowest BCUT2D eigenvalue weighted by molar-refractivity contribution is -0.140. The minimum absolute atomic E-state index is 0.0404. The Morgan fingerprint density at radius 1 is 1.53 bits per heavy atom. The highest BCUT2D eigenvalue weighted by molar-refractivity contribution is 5.83. The molecule has 2 atom stereocenters. The molecule has 1 aliphatic heterocycles. The van der Waals surface area contributed by atoms with Gasteiger partial charge in [-0.15, -0.1) is 0 Å². The molecule has 0 bridgehead atoms. The Balaban J connectivity index is 2.59. The Morgan fingerprint density at radius 2 is 2.18 bits per heavy atom. The van der Waals surface area contributed by atoms with Crippen molar-refractivity contribution in [2.75, 3.05) is 19.6 Å². The van der Waals surface area contributed by atoms with E-state index in [9.17, 15) is 9.59 Å². The monoisotopic (exact) mass is 241 g/mol. The van der Waals surface area contributed by atoms with Gasteiger partial charge in [0.05, 0.1) is 5.41 Å². The summed E-state index contributed by atoms with van der Waals surface area (Å²) in [7, 11) is 0. The molecule has 98 valence electrons. The van der Waals surface area contributed by atoms with Crippen molar-refractivity contribution in [1.82, 2.24) is 10.2 Å². The quantitative estimate of drug-likeness (QED) is 0.733. The van der Waals surface area contributed by atoms with Crippen LogP contribution < -0.4 is 11.1 Å². The normalized spacial score (nSPS) is 23.3. The summed E-state index contributed by atoms with van der Waals surface area (Å²) in [6.07, 6.45) is 1.57. The second-order valence-electron chi connectivity index (χ2n) is 5.06. The number of nitrogens with one attached hydrogen (secondary N) is 1. The molecule has 17 heavy (non-hydrogen) atoms. The van der Waals surface area contributed by atoms with Crippen LogP contribution in [0.3, 0.4) is 0 Å². The first kappa shape index (κ1) is 14.0. The molecule has 5 heteroatoms. The van der Waals surface area contributed by atoms with Gasteiger partial charge < -0.3 is 16.0 Å². The Hall–Kier alpha value is -1.10. The molecule has 0 aromatic carbocycles. The number of likely N-dealkylation sites (tertiary alicyclic amines) is 1. The topological polar surface area (TPSA) is 75.4 Å². The molecule has 0 aliphatic carbocycles. The number of carbonyl (C=O) groups is 2. The van der Waals surface area contributed by atoms with Crippen LogP contribution in [0, 0.1) is 5.41 Å². The average molecular weight is 241 g/mol. The predicted octanol–water partition coefficient (Wildman–Crippen LogP) is 0.0984. The van der Waals surface area contributed by atoms with Crippen LogP contribution in [0.4, 0.5) is 0 Å². The van der Waals surface area contributed by atoms with Gasteiger partial charge in [0.1, 0.15) is 0 Å². The number of hydrogen-bond acceptors (Lipinski definition) is 3. The third-order valence-electron chi connectivity index (χ3n) is 3.63. The van der Waals surface area contributed by atoms with Crippen LogP contribution in [0.5, 0.6) is 0 Å². The van der Waals surface area contributed by atoms with Gasteiger partial charge in [-0.3, -0.25) is 9.59 Å². The van der Waals surface area contributed by atoms with E-state index in [2.05, 4.69) is 5.32 Å². The molecule has 3 N–H and O–H groups in total. The van der Waals surface area contributed by atoms with Gasteiger partial charge in [-0.1, -0.05) is 6.92 Å². The second kappa shape index (κ2) is 5.49. The van der Waals surface area contributed by atoms with E-state index < -0.39 is 5.41 Å². The maximum Gasteiger partial charge on any atom is 0.229 e. The van der Waals surface area contributed by atoms with E-state index in [4.69, 9.17) is 5.73 Å². The fraction of sp³-hybridized carbons (Fsp3) is 0.833. The Bertz CT molecular complexity index is 300. The molecule has 0 saturated carbocycles. The van der Waals surface area contributed by atoms with Gasteiger partial charge >= 0.3 is 0 Å². The van der Waals surface area contributed by atoms with Gasteiger partial charge in [-0.25, -0.2) is 0 Å². The van der Waals surface area contributed by atoms with E-state index in [1.165, 1.54) is 6.92 Å². The smallest absolute Gasteiger partial charge is 0.229 e. The van der Waals surface area contributed by atoms with Crippen LogP contribution in [0.2, 0.25) is 0 Å². The highest BCUT2D eigenvalue weighted by Crippen LogP contribution is 2.25. The van der Waals surface area contributed by atoms with Gasteiger partial charge in [-0.05, 0) is 19.8 Å². The van der Waals surface area contributed by atoms with Crippen molar-refractivity contribution in [2.45, 2.75) is 39.7 Å². The molecular formula is C12H23N3O2. The fourth-order valence-corrected chi connectivity index (χ4v) is 2.11. The molecule has 0 aromatic rings. The number of nitrogens with zero attached hydrogens (tertiary/aromatic N) is 1. The summed E-state index contributed by atoms with van der Waals surface area (Å²) in [5.74, 6) is 0.0664. The maximum absolute atomic E-state index is 12.3. The minimum Gasteiger partial charge on any atom is -0.352 e. The van der Waals surface area contributed by atoms with E-state index in [1.807, 2.05) is 18.7 Å². The molecule has 5 nitrogen and oxygen atoms in total. The SMILES string of the molecule is CCC(C)(CN)C(=O)N1CCC(NC(C)=O)C1. The Morgan fingerprint density at radius 3 is 2.65 bits per heavy atom. The summed E-state index contributed by atoms with van der Waals surface area (Å²) in [4.78, 5) is 25.1. The highest BCUT2D eigenvalue weighted by atomic mass is 16.2. The van der Waals surface area contributed by atoms with Crippen molar-refractivity contribution < 1.29 is 9.59 Å². The Labute approximate surface area is 103 Å². The first-order valence-electron chi connectivity index (χ1n) is 6.19. The molecule has 1 heterocycles. The van der Waals surface area contributed by atoms with Crippen molar-refractivity contribution in [2.24, 2.45) is 11.1 Å². The van der Waals surface area contributed by atoms with Crippen molar-refractivity contribution in [3.8, 4) is 0 Å². The van der Waals surface area contributed by atoms with E-state index >= 15 is 0 Å². The van der Waals surface area contributed by atoms with Crippen LogP contribution in [0.25, 0.3) is 0 Å². The standard InChI is InChI=1S/C12H23N3O2/c1-4-12(3,8-13)11(17)15-6-5-10(7-15)14-9(2)16/h10H,4-8,13H2,1-3H3,(H,14,16). The molecule has 0 radical (unpaired) electrons. The lowest BCUT2D eigenvalue weighted by Crippen LogP contribution is -2.46. The fourth-order valence-electron chi connectivity index (χ4n) is 2.11. The summed E-state index contributed by atoms with van der Waals surface area (Å²) in [6, 6.07) is 0.0929. The molecule has 0 spiro atoms. The van der Waals surface area contributed by atoms with E-state index in [-0.39, 0.29) is 17.9 Å². The molecule has 1 rings (SSSR count). The molecule has 1 fully saturated rings. The first-order valence-corrected chi connectivity index (χ1v) is 6.19. The van der Waals surface area contributed by atoms with Crippen molar-refractivity contribution in [3.05, 3.63) is 0 Å². The zero-order chi connectivity index (χ0) is 13.1. The van der Waals surface area contributed by atoms with Crippen LogP contribution in [-0.2, 0) is 9.59 Å². The van der Waals surface area contributed by atoms with Gasteiger partial charge in [0.2, 0.25) is 11.8 Å². The number of rotatable bonds is 4. The van der Waals surface area contributed by atoms with Gasteiger partial charge in [-0.2, -0.15) is 0 Å². The van der Waals surface area contributed by atoms with E-state index in [0.29, 0.717) is 19.6 Å². The van der Waals surface area contributed by atoms with Crippen LogP contribution >= 0.6 is 0 Å². The van der Waals surface area contributed by atoms with E-state index in [0.717, 1.165) is 12.8 Å². The molecule has 2 unspecified atom stereocenters. The summed E-state index contributed by atoms with van der Waals surface area (Å²) < 4.78 is 0. The van der Waals surface area contributed by atoms with Gasteiger partial charge in [0.15, 0.2) is 0 Å². The number of hydrogen-bond donors (Lipinski definition) is 2. The lowest BCUT2D eigenvalue weighted by Gasteiger charge is -2.30. The summed E-state index contributed by atoms with van der Waals surface area (Å²) >= 11 is 0. The molecule has 2 amide bonds. The third-order valence-corrected chi connectivity index (χ3v) is 3.63. The zero-order valence-electron chi connectivity index (χ0n) is 11.0. The first-order chi connectivity index (χ1) is 7.92. The lowest BCUT2D eigenvalue weighted by atomic mass is 9.86. The Kier molecular flexibility index (Phi) is 4.51. The summed E-state index contributed by atoms with van der Waals surface area (Å²) in [6.45, 7) is 7.06. The van der Waals surface area contributed by atoms with Gasteiger partial charge in [0.25, 0.3) is 0 Å².